The van der Waals surface area contributed by atoms with Gasteiger partial charge in [0, 0.05) is 19.7 Å². The quantitative estimate of drug-likeness (QED) is 0.859. The Morgan fingerprint density at radius 3 is 2.64 bits per heavy atom. The van der Waals surface area contributed by atoms with Gasteiger partial charge in [0.05, 0.1) is 17.7 Å². The van der Waals surface area contributed by atoms with E-state index in [9.17, 15) is 13.2 Å². The van der Waals surface area contributed by atoms with Crippen LogP contribution >= 0.6 is 0 Å². The van der Waals surface area contributed by atoms with Gasteiger partial charge in [0.2, 0.25) is 10.0 Å². The average Bonchev–Trinajstić information content (AvgIpc) is 3.17. The molecule has 1 amide bonds. The van der Waals surface area contributed by atoms with Crippen molar-refractivity contribution in [3.63, 3.8) is 0 Å². The van der Waals surface area contributed by atoms with Gasteiger partial charge < -0.3 is 14.8 Å². The predicted molar refractivity (Wildman–Crippen MR) is 93.2 cm³/mol. The molecule has 2 fully saturated rings. The topological polar surface area (TPSA) is 84.9 Å². The van der Waals surface area contributed by atoms with Crippen LogP contribution in [-0.2, 0) is 19.6 Å². The van der Waals surface area contributed by atoms with Crippen LogP contribution in [0.1, 0.15) is 32.1 Å². The van der Waals surface area contributed by atoms with Crippen molar-refractivity contribution in [3.8, 4) is 5.75 Å². The second-order valence-corrected chi connectivity index (χ2v) is 8.26. The molecule has 3 rings (SSSR count). The molecule has 2 saturated heterocycles. The molecular formula is C17H24N2O5S. The number of amides is 1. The van der Waals surface area contributed by atoms with Gasteiger partial charge in [0.1, 0.15) is 11.9 Å². The van der Waals surface area contributed by atoms with Crippen LogP contribution in [0.3, 0.4) is 0 Å². The van der Waals surface area contributed by atoms with Crippen LogP contribution in [-0.4, -0.2) is 51.5 Å². The lowest BCUT2D eigenvalue weighted by atomic mass is 10.2. The molecule has 0 saturated carbocycles. The molecule has 25 heavy (non-hydrogen) atoms. The van der Waals surface area contributed by atoms with E-state index in [-0.39, 0.29) is 10.8 Å². The Morgan fingerprint density at radius 1 is 1.24 bits per heavy atom. The summed E-state index contributed by atoms with van der Waals surface area (Å²) in [7, 11) is -2.09. The van der Waals surface area contributed by atoms with E-state index in [0.29, 0.717) is 37.6 Å². The largest absolute Gasteiger partial charge is 0.495 e. The van der Waals surface area contributed by atoms with Crippen molar-refractivity contribution in [1.82, 2.24) is 4.31 Å². The maximum atomic E-state index is 12.8. The van der Waals surface area contributed by atoms with Crippen molar-refractivity contribution in [1.29, 1.82) is 0 Å². The Kier molecular flexibility index (Phi) is 5.61. The molecule has 138 valence electrons. The van der Waals surface area contributed by atoms with E-state index >= 15 is 0 Å². The van der Waals surface area contributed by atoms with Crippen LogP contribution in [0.2, 0.25) is 0 Å². The molecule has 2 aliphatic rings. The second kappa shape index (κ2) is 7.72. The average molecular weight is 368 g/mol. The van der Waals surface area contributed by atoms with E-state index in [4.69, 9.17) is 9.47 Å². The molecule has 0 bridgehead atoms. The molecule has 2 heterocycles. The zero-order valence-corrected chi connectivity index (χ0v) is 15.2. The van der Waals surface area contributed by atoms with Crippen LogP contribution in [0.4, 0.5) is 5.69 Å². The fraction of sp³-hybridized carbons (Fsp3) is 0.588. The third kappa shape index (κ3) is 3.96. The van der Waals surface area contributed by atoms with Crippen molar-refractivity contribution < 1.29 is 22.7 Å². The van der Waals surface area contributed by atoms with Crippen molar-refractivity contribution in [2.75, 3.05) is 32.1 Å². The smallest absolute Gasteiger partial charge is 0.253 e. The third-order valence-electron chi connectivity index (χ3n) is 4.60. The Bertz CT molecular complexity index is 723. The molecule has 0 unspecified atom stereocenters. The number of carbonyl (C=O) groups excluding carboxylic acids is 1. The molecule has 1 aromatic carbocycles. The van der Waals surface area contributed by atoms with Crippen LogP contribution in [0.5, 0.6) is 5.75 Å². The van der Waals surface area contributed by atoms with Gasteiger partial charge in [-0.2, -0.15) is 4.31 Å². The molecular weight excluding hydrogens is 344 g/mol. The summed E-state index contributed by atoms with van der Waals surface area (Å²) < 4.78 is 37.8. The standard InChI is InChI=1S/C17H24N2O5S/c1-23-15-8-7-13(25(21,22)19-9-3-2-4-10-19)12-14(15)18-17(20)16-6-5-11-24-16/h7-8,12,16H,2-6,9-11H2,1H3,(H,18,20)/t16-/m1/s1. The van der Waals surface area contributed by atoms with Crippen LogP contribution in [0, 0.1) is 0 Å². The highest BCUT2D eigenvalue weighted by atomic mass is 32.2. The van der Waals surface area contributed by atoms with Gasteiger partial charge in [-0.1, -0.05) is 6.42 Å². The van der Waals surface area contributed by atoms with E-state index in [1.165, 1.54) is 23.5 Å². The summed E-state index contributed by atoms with van der Waals surface area (Å²) in [6.45, 7) is 1.64. The highest BCUT2D eigenvalue weighted by molar-refractivity contribution is 7.89. The van der Waals surface area contributed by atoms with Gasteiger partial charge in [-0.15, -0.1) is 0 Å². The molecule has 1 aromatic rings. The minimum atomic E-state index is -3.57. The number of benzene rings is 1. The molecule has 2 aliphatic heterocycles. The summed E-state index contributed by atoms with van der Waals surface area (Å²) in [5, 5.41) is 2.75. The number of piperidine rings is 1. The SMILES string of the molecule is COc1ccc(S(=O)(=O)N2CCCCC2)cc1NC(=O)[C@H]1CCCO1. The molecule has 0 aromatic heterocycles. The first-order chi connectivity index (χ1) is 12.0. The van der Waals surface area contributed by atoms with Crippen molar-refractivity contribution in [3.05, 3.63) is 18.2 Å². The minimum absolute atomic E-state index is 0.165. The molecule has 0 spiro atoms. The Hall–Kier alpha value is -1.64. The van der Waals surface area contributed by atoms with Gasteiger partial charge in [0.25, 0.3) is 5.91 Å². The zero-order valence-electron chi connectivity index (χ0n) is 14.4. The van der Waals surface area contributed by atoms with Crippen molar-refractivity contribution >= 4 is 21.6 Å². The number of rotatable bonds is 5. The van der Waals surface area contributed by atoms with Gasteiger partial charge in [-0.25, -0.2) is 8.42 Å². The normalized spacial score (nSPS) is 21.9. The number of carbonyl (C=O) groups is 1. The Balaban J connectivity index is 1.85. The first kappa shape index (κ1) is 18.2. The van der Waals surface area contributed by atoms with Gasteiger partial charge >= 0.3 is 0 Å². The maximum Gasteiger partial charge on any atom is 0.253 e. The first-order valence-corrected chi connectivity index (χ1v) is 10.1. The Morgan fingerprint density at radius 2 is 2.00 bits per heavy atom. The van der Waals surface area contributed by atoms with Gasteiger partial charge in [-0.3, -0.25) is 4.79 Å². The van der Waals surface area contributed by atoms with E-state index in [1.54, 1.807) is 6.07 Å². The van der Waals surface area contributed by atoms with E-state index in [1.807, 2.05) is 0 Å². The number of sulfonamides is 1. The van der Waals surface area contributed by atoms with E-state index in [0.717, 1.165) is 25.7 Å². The van der Waals surface area contributed by atoms with Crippen molar-refractivity contribution in [2.45, 2.75) is 43.1 Å². The summed E-state index contributed by atoms with van der Waals surface area (Å²) in [5.41, 5.74) is 0.348. The number of methoxy groups -OCH3 is 1. The first-order valence-electron chi connectivity index (χ1n) is 8.63. The van der Waals surface area contributed by atoms with E-state index < -0.39 is 16.1 Å². The molecule has 1 atom stereocenters. The van der Waals surface area contributed by atoms with Crippen molar-refractivity contribution in [2.24, 2.45) is 0 Å². The second-order valence-electron chi connectivity index (χ2n) is 6.32. The number of ether oxygens (including phenoxy) is 2. The fourth-order valence-corrected chi connectivity index (χ4v) is 4.74. The monoisotopic (exact) mass is 368 g/mol. The molecule has 0 radical (unpaired) electrons. The lowest BCUT2D eigenvalue weighted by Gasteiger charge is -2.26. The summed E-state index contributed by atoms with van der Waals surface area (Å²) in [6, 6.07) is 4.56. The summed E-state index contributed by atoms with van der Waals surface area (Å²) in [4.78, 5) is 12.5. The highest BCUT2D eigenvalue weighted by Crippen LogP contribution is 2.30. The molecule has 0 aliphatic carbocycles. The number of nitrogens with one attached hydrogen (secondary N) is 1. The lowest BCUT2D eigenvalue weighted by molar-refractivity contribution is -0.124. The van der Waals surface area contributed by atoms with Crippen LogP contribution < -0.4 is 10.1 Å². The van der Waals surface area contributed by atoms with Crippen LogP contribution in [0.15, 0.2) is 23.1 Å². The number of anilines is 1. The minimum Gasteiger partial charge on any atom is -0.495 e. The number of nitrogens with zero attached hydrogens (tertiary/aromatic N) is 1. The summed E-state index contributed by atoms with van der Waals surface area (Å²) >= 11 is 0. The third-order valence-corrected chi connectivity index (χ3v) is 6.50. The Labute approximate surface area is 148 Å². The molecule has 8 heteroatoms. The lowest BCUT2D eigenvalue weighted by Crippen LogP contribution is -2.35. The molecule has 7 nitrogen and oxygen atoms in total. The predicted octanol–water partition coefficient (Wildman–Crippen LogP) is 1.99. The van der Waals surface area contributed by atoms with Crippen LogP contribution in [0.25, 0.3) is 0 Å². The number of hydrogen-bond acceptors (Lipinski definition) is 5. The van der Waals surface area contributed by atoms with Gasteiger partial charge in [0.15, 0.2) is 0 Å². The fourth-order valence-electron chi connectivity index (χ4n) is 3.20. The highest BCUT2D eigenvalue weighted by Gasteiger charge is 2.28. The summed E-state index contributed by atoms with van der Waals surface area (Å²) in [6.07, 6.45) is 3.82. The maximum absolute atomic E-state index is 12.8. The van der Waals surface area contributed by atoms with E-state index in [2.05, 4.69) is 5.32 Å². The summed E-state index contributed by atoms with van der Waals surface area (Å²) in [5.74, 6) is 0.146. The number of hydrogen-bond donors (Lipinski definition) is 1. The van der Waals surface area contributed by atoms with Gasteiger partial charge in [-0.05, 0) is 43.9 Å². The zero-order chi connectivity index (χ0) is 17.9. The molecule has 1 N–H and O–H groups in total.